The monoisotopic (exact) mass is 244 g/mol. The van der Waals surface area contributed by atoms with Gasteiger partial charge < -0.3 is 10.2 Å². The van der Waals surface area contributed by atoms with Gasteiger partial charge in [-0.1, -0.05) is 12.2 Å². The lowest BCUT2D eigenvalue weighted by Gasteiger charge is -1.88. The van der Waals surface area contributed by atoms with Crippen molar-refractivity contribution in [1.82, 2.24) is 0 Å². The fourth-order valence-electron chi connectivity index (χ4n) is 0.649. The van der Waals surface area contributed by atoms with Gasteiger partial charge in [-0.2, -0.15) is 0 Å². The topological polar surface area (TPSA) is 74.6 Å². The van der Waals surface area contributed by atoms with Gasteiger partial charge in [0, 0.05) is 12.8 Å². The summed E-state index contributed by atoms with van der Waals surface area (Å²) in [5.41, 5.74) is 0. The van der Waals surface area contributed by atoms with Crippen LogP contribution in [-0.4, -0.2) is 22.2 Å². The van der Waals surface area contributed by atoms with Crippen LogP contribution < -0.4 is 0 Å². The van der Waals surface area contributed by atoms with E-state index in [-0.39, 0.29) is 37.7 Å². The van der Waals surface area contributed by atoms with Crippen molar-refractivity contribution in [3.8, 4) is 0 Å². The van der Waals surface area contributed by atoms with Crippen LogP contribution >= 0.6 is 24.8 Å². The molecule has 6 heteroatoms. The molecular weight excluding hydrogens is 231 g/mol. The molecule has 84 valence electrons. The Bertz CT molecular complexity index is 172. The van der Waals surface area contributed by atoms with Crippen LogP contribution in [0, 0.1) is 0 Å². The van der Waals surface area contributed by atoms with Crippen LogP contribution in [-0.2, 0) is 9.59 Å². The molecule has 0 atom stereocenters. The lowest BCUT2D eigenvalue weighted by molar-refractivity contribution is -0.138. The predicted molar refractivity (Wildman–Crippen MR) is 57.4 cm³/mol. The van der Waals surface area contributed by atoms with Gasteiger partial charge in [0.2, 0.25) is 0 Å². The second-order valence-electron chi connectivity index (χ2n) is 2.34. The summed E-state index contributed by atoms with van der Waals surface area (Å²) in [6.07, 6.45) is 4.52. The molecule has 0 radical (unpaired) electrons. The zero-order chi connectivity index (χ0) is 9.40. The van der Waals surface area contributed by atoms with E-state index in [2.05, 4.69) is 0 Å². The normalized spacial score (nSPS) is 8.86. The number of carboxylic acids is 2. The summed E-state index contributed by atoms with van der Waals surface area (Å²) in [4.78, 5) is 20.0. The summed E-state index contributed by atoms with van der Waals surface area (Å²) < 4.78 is 0. The molecule has 0 aromatic carbocycles. The molecule has 0 aromatic rings. The van der Waals surface area contributed by atoms with E-state index in [1.54, 1.807) is 12.2 Å². The van der Waals surface area contributed by atoms with Crippen molar-refractivity contribution in [2.24, 2.45) is 0 Å². The van der Waals surface area contributed by atoms with E-state index in [4.69, 9.17) is 10.2 Å². The van der Waals surface area contributed by atoms with Gasteiger partial charge >= 0.3 is 11.9 Å². The average Bonchev–Trinajstić information content (AvgIpc) is 1.95. The third-order valence-corrected chi connectivity index (χ3v) is 1.22. The molecule has 0 fully saturated rings. The highest BCUT2D eigenvalue weighted by molar-refractivity contribution is 5.85. The largest absolute Gasteiger partial charge is 0.481 e. The van der Waals surface area contributed by atoms with E-state index in [9.17, 15) is 9.59 Å². The number of hydrogen-bond acceptors (Lipinski definition) is 2. The van der Waals surface area contributed by atoms with Gasteiger partial charge in [-0.15, -0.1) is 24.8 Å². The Hall–Kier alpha value is -0.740. The summed E-state index contributed by atoms with van der Waals surface area (Å²) in [5.74, 6) is -1.67. The van der Waals surface area contributed by atoms with Crippen molar-refractivity contribution in [2.45, 2.75) is 25.7 Å². The first kappa shape index (κ1) is 18.9. The molecule has 2 N–H and O–H groups in total. The van der Waals surface area contributed by atoms with Crippen molar-refractivity contribution < 1.29 is 19.8 Å². The van der Waals surface area contributed by atoms with E-state index in [1.165, 1.54) is 0 Å². The molecule has 0 unspecified atom stereocenters. The van der Waals surface area contributed by atoms with Gasteiger partial charge in [-0.25, -0.2) is 0 Å². The molecule has 0 bridgehead atoms. The zero-order valence-corrected chi connectivity index (χ0v) is 9.14. The Morgan fingerprint density at radius 2 is 1.14 bits per heavy atom. The molecule has 14 heavy (non-hydrogen) atoms. The first-order chi connectivity index (χ1) is 5.63. The minimum absolute atomic E-state index is 0. The smallest absolute Gasteiger partial charge is 0.303 e. The minimum Gasteiger partial charge on any atom is -0.481 e. The van der Waals surface area contributed by atoms with Crippen LogP contribution in [0.4, 0.5) is 0 Å². The molecule has 0 aliphatic heterocycles. The third kappa shape index (κ3) is 17.4. The number of allylic oxidation sites excluding steroid dienone is 2. The van der Waals surface area contributed by atoms with Crippen LogP contribution in [0.2, 0.25) is 0 Å². The van der Waals surface area contributed by atoms with Crippen molar-refractivity contribution in [1.29, 1.82) is 0 Å². The Morgan fingerprint density at radius 1 is 0.857 bits per heavy atom. The highest BCUT2D eigenvalue weighted by Gasteiger charge is 1.93. The molecule has 4 nitrogen and oxygen atoms in total. The number of hydrogen-bond donors (Lipinski definition) is 2. The van der Waals surface area contributed by atoms with Gasteiger partial charge in [0.1, 0.15) is 0 Å². The third-order valence-electron chi connectivity index (χ3n) is 1.22. The van der Waals surface area contributed by atoms with Crippen molar-refractivity contribution in [3.05, 3.63) is 12.2 Å². The highest BCUT2D eigenvalue weighted by Crippen LogP contribution is 1.95. The Balaban J connectivity index is -0.000000605. The van der Waals surface area contributed by atoms with Gasteiger partial charge in [0.05, 0.1) is 0 Å². The fourth-order valence-corrected chi connectivity index (χ4v) is 0.649. The van der Waals surface area contributed by atoms with Gasteiger partial charge in [-0.05, 0) is 12.8 Å². The van der Waals surface area contributed by atoms with Gasteiger partial charge in [0.25, 0.3) is 0 Å². The Morgan fingerprint density at radius 3 is 1.36 bits per heavy atom. The molecule has 0 aromatic heterocycles. The second kappa shape index (κ2) is 12.3. The van der Waals surface area contributed by atoms with Crippen LogP contribution in [0.15, 0.2) is 12.2 Å². The molecule has 0 spiro atoms. The molecule has 0 rings (SSSR count). The summed E-state index contributed by atoms with van der Waals surface area (Å²) in [6, 6.07) is 0. The number of carbonyl (C=O) groups is 2. The Labute approximate surface area is 94.8 Å². The lowest BCUT2D eigenvalue weighted by atomic mass is 10.2. The zero-order valence-electron chi connectivity index (χ0n) is 7.51. The number of rotatable bonds is 6. The maximum Gasteiger partial charge on any atom is 0.303 e. The van der Waals surface area contributed by atoms with E-state index >= 15 is 0 Å². The average molecular weight is 245 g/mol. The first-order valence-electron chi connectivity index (χ1n) is 3.71. The lowest BCUT2D eigenvalue weighted by Crippen LogP contribution is -1.93. The van der Waals surface area contributed by atoms with Crippen LogP contribution in [0.3, 0.4) is 0 Å². The maximum absolute atomic E-state index is 10.0. The first-order valence-corrected chi connectivity index (χ1v) is 3.71. The SMILES string of the molecule is Cl.Cl.O=C(O)CCC=CCCC(=O)O. The quantitative estimate of drug-likeness (QED) is 0.703. The second-order valence-corrected chi connectivity index (χ2v) is 2.34. The molecule has 0 saturated carbocycles. The maximum atomic E-state index is 10.0. The Kier molecular flexibility index (Phi) is 16.6. The van der Waals surface area contributed by atoms with Gasteiger partial charge in [0.15, 0.2) is 0 Å². The minimum atomic E-state index is -0.835. The predicted octanol–water partition coefficient (Wildman–Crippen LogP) is 2.12. The summed E-state index contributed by atoms with van der Waals surface area (Å²) in [7, 11) is 0. The molecular formula is C8H14Cl2O4. The van der Waals surface area contributed by atoms with Crippen molar-refractivity contribution in [3.63, 3.8) is 0 Å². The van der Waals surface area contributed by atoms with Crippen LogP contribution in [0.25, 0.3) is 0 Å². The number of aliphatic carboxylic acids is 2. The van der Waals surface area contributed by atoms with E-state index in [1.807, 2.05) is 0 Å². The van der Waals surface area contributed by atoms with E-state index in [0.717, 1.165) is 0 Å². The standard InChI is InChI=1S/C8H12O4.2ClH/c9-7(10)5-3-1-2-4-6-8(11)12;;/h1-2H,3-6H2,(H,9,10)(H,11,12);2*1H. The number of halogens is 2. The van der Waals surface area contributed by atoms with Crippen molar-refractivity contribution >= 4 is 36.8 Å². The summed E-state index contributed by atoms with van der Waals surface area (Å²) in [5, 5.41) is 16.5. The molecule has 0 aliphatic rings. The molecule has 0 amide bonds. The highest BCUT2D eigenvalue weighted by atomic mass is 35.5. The van der Waals surface area contributed by atoms with Crippen LogP contribution in [0.1, 0.15) is 25.7 Å². The fraction of sp³-hybridized carbons (Fsp3) is 0.500. The van der Waals surface area contributed by atoms with Crippen LogP contribution in [0.5, 0.6) is 0 Å². The number of carboxylic acid groups (broad SMARTS) is 2. The summed E-state index contributed by atoms with van der Waals surface area (Å²) >= 11 is 0. The van der Waals surface area contributed by atoms with E-state index < -0.39 is 11.9 Å². The molecule has 0 saturated heterocycles. The van der Waals surface area contributed by atoms with E-state index in [0.29, 0.717) is 12.8 Å². The molecule has 0 heterocycles. The molecule has 0 aliphatic carbocycles. The van der Waals surface area contributed by atoms with Gasteiger partial charge in [-0.3, -0.25) is 9.59 Å². The summed E-state index contributed by atoms with van der Waals surface area (Å²) in [6.45, 7) is 0. The van der Waals surface area contributed by atoms with Crippen molar-refractivity contribution in [2.75, 3.05) is 0 Å².